The number of aliphatic hydroxyl groups excluding tert-OH is 4. The number of ether oxygens (including phenoxy) is 3. The fourth-order valence-corrected chi connectivity index (χ4v) is 2.26. The first kappa shape index (κ1) is 25.2. The van der Waals surface area contributed by atoms with E-state index in [2.05, 4.69) is 5.43 Å². The Kier molecular flexibility index (Phi) is 12.5. The molecule has 1 aromatic rings. The largest absolute Gasteiger partial charge is 0.460 e. The molecule has 0 radical (unpaired) electrons. The van der Waals surface area contributed by atoms with E-state index in [1.54, 1.807) is 25.3 Å². The van der Waals surface area contributed by atoms with Crippen molar-refractivity contribution in [2.45, 2.75) is 51.2 Å². The number of aldehydes is 1. The minimum absolute atomic E-state index is 0.240. The number of anilines is 1. The van der Waals surface area contributed by atoms with Gasteiger partial charge in [0, 0.05) is 14.2 Å². The zero-order valence-corrected chi connectivity index (χ0v) is 15.9. The van der Waals surface area contributed by atoms with Gasteiger partial charge in [-0.2, -0.15) is 0 Å². The average molecular weight is 390 g/mol. The van der Waals surface area contributed by atoms with Crippen molar-refractivity contribution >= 4 is 12.0 Å². The molecule has 10 nitrogen and oxygen atoms in total. The summed E-state index contributed by atoms with van der Waals surface area (Å²) in [7, 11) is 2.55. The Morgan fingerprint density at radius 2 is 1.81 bits per heavy atom. The molecular formula is C17H30N2O8. The summed E-state index contributed by atoms with van der Waals surface area (Å²) in [6.45, 7) is 4.37. The number of hydrazine groups is 1. The van der Waals surface area contributed by atoms with Crippen molar-refractivity contribution in [2.24, 2.45) is 5.84 Å². The Morgan fingerprint density at radius 1 is 1.19 bits per heavy atom. The molecule has 0 spiro atoms. The zero-order chi connectivity index (χ0) is 21.0. The lowest BCUT2D eigenvalue weighted by Gasteiger charge is -2.38. The van der Waals surface area contributed by atoms with Gasteiger partial charge in [0.2, 0.25) is 6.29 Å². The maximum atomic E-state index is 10.9. The van der Waals surface area contributed by atoms with Crippen LogP contribution in [0.15, 0.2) is 18.2 Å². The lowest BCUT2D eigenvalue weighted by atomic mass is 10.00. The highest BCUT2D eigenvalue weighted by molar-refractivity contribution is 5.58. The first-order valence-corrected chi connectivity index (χ1v) is 8.36. The molecule has 1 aromatic carbocycles. The van der Waals surface area contributed by atoms with E-state index in [1.165, 1.54) is 0 Å². The molecule has 1 aliphatic heterocycles. The monoisotopic (exact) mass is 390 g/mol. The standard InChI is InChI=1S/C14H20N2O7.C2H6.CH4O/c1-21-6-7-2-3-9(8(4-7)16-15)22-14-13(20)12(19)11(18)10(5-17)23-14;2*1-2/h2-5,10-14,16,18-20H,6,15H2,1H3;1-2H3;2H,1H3. The fraction of sp³-hybridized carbons (Fsp3) is 0.588. The molecule has 27 heavy (non-hydrogen) atoms. The quantitative estimate of drug-likeness (QED) is 0.204. The number of hydrogen-bond acceptors (Lipinski definition) is 10. The van der Waals surface area contributed by atoms with Gasteiger partial charge in [-0.3, -0.25) is 5.84 Å². The third-order valence-corrected chi connectivity index (χ3v) is 3.49. The lowest BCUT2D eigenvalue weighted by Crippen LogP contribution is -2.59. The van der Waals surface area contributed by atoms with E-state index >= 15 is 0 Å². The number of rotatable bonds is 6. The molecule has 5 unspecified atom stereocenters. The summed E-state index contributed by atoms with van der Waals surface area (Å²) in [6, 6.07) is 4.97. The molecule has 0 aromatic heterocycles. The van der Waals surface area contributed by atoms with Crippen molar-refractivity contribution in [1.82, 2.24) is 0 Å². The number of aliphatic hydroxyl groups is 4. The van der Waals surface area contributed by atoms with Gasteiger partial charge in [-0.05, 0) is 17.7 Å². The van der Waals surface area contributed by atoms with Crippen molar-refractivity contribution in [1.29, 1.82) is 0 Å². The summed E-state index contributed by atoms with van der Waals surface area (Å²) >= 11 is 0. The number of nitrogen functional groups attached to an aromatic ring is 1. The Balaban J connectivity index is 0.00000158. The number of benzene rings is 1. The predicted molar refractivity (Wildman–Crippen MR) is 97.8 cm³/mol. The molecule has 1 fully saturated rings. The molecule has 10 heteroatoms. The normalized spacial score (nSPS) is 26.6. The first-order chi connectivity index (χ1) is 13.0. The minimum atomic E-state index is -1.58. The molecule has 0 saturated carbocycles. The third kappa shape index (κ3) is 6.70. The van der Waals surface area contributed by atoms with Crippen LogP contribution in [0.3, 0.4) is 0 Å². The summed E-state index contributed by atoms with van der Waals surface area (Å²) in [6.07, 6.45) is -6.96. The molecule has 156 valence electrons. The van der Waals surface area contributed by atoms with Gasteiger partial charge in [0.05, 0.1) is 12.3 Å². The highest BCUT2D eigenvalue weighted by Crippen LogP contribution is 2.29. The van der Waals surface area contributed by atoms with Crippen LogP contribution < -0.4 is 16.0 Å². The number of methoxy groups -OCH3 is 1. The topological polar surface area (TPSA) is 164 Å². The van der Waals surface area contributed by atoms with Gasteiger partial charge in [0.1, 0.15) is 30.2 Å². The van der Waals surface area contributed by atoms with Crippen LogP contribution in [0.2, 0.25) is 0 Å². The summed E-state index contributed by atoms with van der Waals surface area (Å²) in [5.74, 6) is 5.68. The van der Waals surface area contributed by atoms with Crippen LogP contribution in [0.4, 0.5) is 5.69 Å². The third-order valence-electron chi connectivity index (χ3n) is 3.49. The van der Waals surface area contributed by atoms with E-state index in [0.29, 0.717) is 18.6 Å². The van der Waals surface area contributed by atoms with Crippen molar-refractivity contribution in [3.8, 4) is 5.75 Å². The number of carbonyl (C=O) groups excluding carboxylic acids is 1. The Hall–Kier alpha value is -1.79. The van der Waals surface area contributed by atoms with Crippen LogP contribution in [-0.4, -0.2) is 71.6 Å². The molecule has 0 aliphatic carbocycles. The fourth-order valence-electron chi connectivity index (χ4n) is 2.26. The number of nitrogens with one attached hydrogen (secondary N) is 1. The van der Waals surface area contributed by atoms with Crippen LogP contribution >= 0.6 is 0 Å². The van der Waals surface area contributed by atoms with E-state index in [9.17, 15) is 20.1 Å². The highest BCUT2D eigenvalue weighted by Gasteiger charge is 2.45. The Morgan fingerprint density at radius 3 is 2.33 bits per heavy atom. The maximum absolute atomic E-state index is 10.9. The van der Waals surface area contributed by atoms with Crippen LogP contribution in [0.25, 0.3) is 0 Å². The lowest BCUT2D eigenvalue weighted by molar-refractivity contribution is -0.263. The van der Waals surface area contributed by atoms with Crippen LogP contribution in [0.5, 0.6) is 5.75 Å². The van der Waals surface area contributed by atoms with Gasteiger partial charge in [-0.1, -0.05) is 19.9 Å². The molecule has 1 saturated heterocycles. The Bertz CT molecular complexity index is 546. The SMILES string of the molecule is CC.CO.COCc1ccc(OC2OC(C=O)C(O)C(O)C2O)c(NN)c1. The van der Waals surface area contributed by atoms with Crippen molar-refractivity contribution in [3.63, 3.8) is 0 Å². The second-order valence-corrected chi connectivity index (χ2v) is 5.10. The molecule has 5 atom stereocenters. The van der Waals surface area contributed by atoms with E-state index in [-0.39, 0.29) is 5.75 Å². The minimum Gasteiger partial charge on any atom is -0.460 e. The van der Waals surface area contributed by atoms with E-state index in [4.69, 9.17) is 25.2 Å². The van der Waals surface area contributed by atoms with Crippen molar-refractivity contribution in [2.75, 3.05) is 19.6 Å². The summed E-state index contributed by atoms with van der Waals surface area (Å²) in [4.78, 5) is 10.9. The average Bonchev–Trinajstić information content (AvgIpc) is 2.72. The van der Waals surface area contributed by atoms with Crippen LogP contribution in [0, 0.1) is 0 Å². The first-order valence-electron chi connectivity index (χ1n) is 8.36. The van der Waals surface area contributed by atoms with Gasteiger partial charge in [-0.15, -0.1) is 0 Å². The van der Waals surface area contributed by atoms with Crippen LogP contribution in [0.1, 0.15) is 19.4 Å². The Labute approximate surface area is 158 Å². The molecule has 0 amide bonds. The number of nitrogens with two attached hydrogens (primary N) is 1. The summed E-state index contributed by atoms with van der Waals surface area (Å²) in [5, 5.41) is 36.3. The zero-order valence-electron chi connectivity index (χ0n) is 15.9. The van der Waals surface area contributed by atoms with E-state index in [1.807, 2.05) is 13.8 Å². The van der Waals surface area contributed by atoms with Gasteiger partial charge in [0.25, 0.3) is 0 Å². The van der Waals surface area contributed by atoms with Gasteiger partial charge in [0.15, 0.2) is 6.29 Å². The molecule has 1 aliphatic rings. The van der Waals surface area contributed by atoms with Gasteiger partial charge >= 0.3 is 0 Å². The molecule has 7 N–H and O–H groups in total. The molecule has 1 heterocycles. The molecule has 2 rings (SSSR count). The highest BCUT2D eigenvalue weighted by atomic mass is 16.7. The number of hydrogen-bond donors (Lipinski definition) is 6. The van der Waals surface area contributed by atoms with Gasteiger partial charge in [-0.25, -0.2) is 0 Å². The van der Waals surface area contributed by atoms with Crippen molar-refractivity contribution < 1.29 is 39.4 Å². The van der Waals surface area contributed by atoms with E-state index in [0.717, 1.165) is 12.7 Å². The second kappa shape index (κ2) is 13.4. The molecular weight excluding hydrogens is 360 g/mol. The maximum Gasteiger partial charge on any atom is 0.229 e. The van der Waals surface area contributed by atoms with E-state index < -0.39 is 30.7 Å². The smallest absolute Gasteiger partial charge is 0.229 e. The predicted octanol–water partition coefficient (Wildman–Crippen LogP) is -0.861. The molecule has 0 bridgehead atoms. The number of carbonyl (C=O) groups is 1. The van der Waals surface area contributed by atoms with Gasteiger partial charge < -0.3 is 44.9 Å². The van der Waals surface area contributed by atoms with Crippen molar-refractivity contribution in [3.05, 3.63) is 23.8 Å². The van der Waals surface area contributed by atoms with Crippen LogP contribution in [-0.2, 0) is 20.9 Å². The summed E-state index contributed by atoms with van der Waals surface area (Å²) in [5.41, 5.74) is 3.68. The summed E-state index contributed by atoms with van der Waals surface area (Å²) < 4.78 is 15.7. The second-order valence-electron chi connectivity index (χ2n) is 5.10.